The van der Waals surface area contributed by atoms with Crippen LogP contribution >= 0.6 is 0 Å². The van der Waals surface area contributed by atoms with E-state index in [-0.39, 0.29) is 6.42 Å². The average Bonchev–Trinajstić information content (AvgIpc) is 2.46. The largest absolute Gasteiger partial charge is 0.394 e. The van der Waals surface area contributed by atoms with Gasteiger partial charge < -0.3 is 20.4 Å². The van der Waals surface area contributed by atoms with Gasteiger partial charge in [-0.05, 0) is 30.0 Å². The van der Waals surface area contributed by atoms with Gasteiger partial charge in [-0.1, -0.05) is 25.1 Å². The number of hydrogen-bond donors (Lipinski definition) is 4. The summed E-state index contributed by atoms with van der Waals surface area (Å²) in [6.45, 7) is 3.29. The van der Waals surface area contributed by atoms with Crippen molar-refractivity contribution in [1.82, 2.24) is 0 Å². The minimum absolute atomic E-state index is 0.0242. The van der Waals surface area contributed by atoms with Gasteiger partial charge >= 0.3 is 0 Å². The van der Waals surface area contributed by atoms with Gasteiger partial charge in [0, 0.05) is 6.42 Å². The molecule has 0 saturated heterocycles. The molecule has 0 spiro atoms. The van der Waals surface area contributed by atoms with Crippen LogP contribution in [0.1, 0.15) is 23.6 Å². The van der Waals surface area contributed by atoms with Gasteiger partial charge in [-0.3, -0.25) is 4.79 Å². The summed E-state index contributed by atoms with van der Waals surface area (Å²) in [5.41, 5.74) is 3.02. The first-order chi connectivity index (χ1) is 9.40. The number of aliphatic hydroxyl groups is 4. The van der Waals surface area contributed by atoms with Crippen molar-refractivity contribution in [2.75, 3.05) is 6.61 Å². The van der Waals surface area contributed by atoms with Gasteiger partial charge in [-0.25, -0.2) is 0 Å². The van der Waals surface area contributed by atoms with Crippen LogP contribution in [0.3, 0.4) is 0 Å². The Morgan fingerprint density at radius 1 is 1.25 bits per heavy atom. The molecule has 5 nitrogen and oxygen atoms in total. The van der Waals surface area contributed by atoms with E-state index in [9.17, 15) is 20.1 Å². The number of ketones is 1. The maximum Gasteiger partial charge on any atom is 0.168 e. The summed E-state index contributed by atoms with van der Waals surface area (Å²) in [5, 5.41) is 37.1. The first kappa shape index (κ1) is 16.8. The SMILES string of the molecule is CCc1cc(CC(=O)[C@H](O)[C@@H](O)[C@H](O)CO)ccc1C. The number of aryl methyl sites for hydroxylation is 2. The van der Waals surface area contributed by atoms with Crippen LogP contribution in [0.25, 0.3) is 0 Å². The predicted octanol–water partition coefficient (Wildman–Crippen LogP) is -0.256. The molecular weight excluding hydrogens is 260 g/mol. The van der Waals surface area contributed by atoms with Crippen LogP contribution in [0, 0.1) is 6.92 Å². The molecule has 4 N–H and O–H groups in total. The fraction of sp³-hybridized carbons (Fsp3) is 0.533. The van der Waals surface area contributed by atoms with Crippen molar-refractivity contribution in [3.63, 3.8) is 0 Å². The lowest BCUT2D eigenvalue weighted by Crippen LogP contribution is -2.44. The molecule has 0 amide bonds. The van der Waals surface area contributed by atoms with E-state index < -0.39 is 30.7 Å². The third-order valence-electron chi connectivity index (χ3n) is 3.41. The highest BCUT2D eigenvalue weighted by Crippen LogP contribution is 2.14. The first-order valence-corrected chi connectivity index (χ1v) is 6.66. The van der Waals surface area contributed by atoms with E-state index in [0.717, 1.165) is 23.1 Å². The molecule has 0 aliphatic heterocycles. The number of rotatable bonds is 7. The molecule has 0 saturated carbocycles. The Kier molecular flexibility index (Phi) is 6.29. The summed E-state index contributed by atoms with van der Waals surface area (Å²) in [6.07, 6.45) is -4.09. The normalized spacial score (nSPS) is 15.7. The van der Waals surface area contributed by atoms with Crippen LogP contribution in [0.4, 0.5) is 0 Å². The highest BCUT2D eigenvalue weighted by atomic mass is 16.4. The molecule has 1 aromatic carbocycles. The minimum atomic E-state index is -1.71. The topological polar surface area (TPSA) is 98.0 Å². The number of Topliss-reactive ketones (excluding diaryl/α,β-unsaturated/α-hetero) is 1. The zero-order valence-corrected chi connectivity index (χ0v) is 11.8. The maximum absolute atomic E-state index is 11.9. The molecule has 0 radical (unpaired) electrons. The maximum atomic E-state index is 11.9. The van der Waals surface area contributed by atoms with Crippen LogP contribution in [0.2, 0.25) is 0 Å². The molecule has 20 heavy (non-hydrogen) atoms. The van der Waals surface area contributed by atoms with Crippen molar-refractivity contribution in [1.29, 1.82) is 0 Å². The Balaban J connectivity index is 2.75. The van der Waals surface area contributed by atoms with Crippen LogP contribution in [0.5, 0.6) is 0 Å². The first-order valence-electron chi connectivity index (χ1n) is 6.66. The fourth-order valence-electron chi connectivity index (χ4n) is 2.03. The molecule has 0 fully saturated rings. The van der Waals surface area contributed by atoms with E-state index in [0.29, 0.717) is 0 Å². The molecule has 0 bridgehead atoms. The quantitative estimate of drug-likeness (QED) is 0.552. The number of aliphatic hydroxyl groups excluding tert-OH is 4. The van der Waals surface area contributed by atoms with E-state index >= 15 is 0 Å². The number of benzene rings is 1. The molecule has 1 aromatic rings. The van der Waals surface area contributed by atoms with E-state index in [1.165, 1.54) is 0 Å². The molecule has 0 aliphatic carbocycles. The molecule has 0 unspecified atom stereocenters. The summed E-state index contributed by atoms with van der Waals surface area (Å²) < 4.78 is 0. The lowest BCUT2D eigenvalue weighted by molar-refractivity contribution is -0.139. The number of carbonyl (C=O) groups excluding carboxylic acids is 1. The zero-order valence-electron chi connectivity index (χ0n) is 11.8. The smallest absolute Gasteiger partial charge is 0.168 e. The van der Waals surface area contributed by atoms with Gasteiger partial charge in [0.1, 0.15) is 18.3 Å². The van der Waals surface area contributed by atoms with Gasteiger partial charge in [-0.15, -0.1) is 0 Å². The minimum Gasteiger partial charge on any atom is -0.394 e. The van der Waals surface area contributed by atoms with Crippen LogP contribution in [-0.4, -0.2) is 51.1 Å². The van der Waals surface area contributed by atoms with Crippen molar-refractivity contribution < 1.29 is 25.2 Å². The van der Waals surface area contributed by atoms with Gasteiger partial charge in [-0.2, -0.15) is 0 Å². The summed E-state index contributed by atoms with van der Waals surface area (Å²) in [5.74, 6) is -0.587. The Hall–Kier alpha value is -1.27. The van der Waals surface area contributed by atoms with Crippen LogP contribution in [0.15, 0.2) is 18.2 Å². The monoisotopic (exact) mass is 282 g/mol. The second-order valence-electron chi connectivity index (χ2n) is 4.94. The molecule has 5 heteroatoms. The number of hydrogen-bond acceptors (Lipinski definition) is 5. The fourth-order valence-corrected chi connectivity index (χ4v) is 2.03. The summed E-state index contributed by atoms with van der Waals surface area (Å²) in [7, 11) is 0. The molecule has 0 aromatic heterocycles. The molecule has 0 aliphatic rings. The van der Waals surface area contributed by atoms with Crippen molar-refractivity contribution in [2.45, 2.75) is 45.0 Å². The van der Waals surface area contributed by atoms with E-state index in [1.54, 1.807) is 6.07 Å². The lowest BCUT2D eigenvalue weighted by Gasteiger charge is -2.20. The summed E-state index contributed by atoms with van der Waals surface area (Å²) in [4.78, 5) is 11.9. The highest BCUT2D eigenvalue weighted by Gasteiger charge is 2.29. The van der Waals surface area contributed by atoms with E-state index in [1.807, 2.05) is 26.0 Å². The molecule has 3 atom stereocenters. The third kappa shape index (κ3) is 4.11. The second-order valence-corrected chi connectivity index (χ2v) is 4.94. The lowest BCUT2D eigenvalue weighted by atomic mass is 9.96. The van der Waals surface area contributed by atoms with Crippen LogP contribution in [-0.2, 0) is 17.6 Å². The number of carbonyl (C=O) groups is 1. The summed E-state index contributed by atoms with van der Waals surface area (Å²) >= 11 is 0. The average molecular weight is 282 g/mol. The Morgan fingerprint density at radius 3 is 2.45 bits per heavy atom. The second kappa shape index (κ2) is 7.50. The molecule has 112 valence electrons. The van der Waals surface area contributed by atoms with Crippen molar-refractivity contribution in [3.05, 3.63) is 34.9 Å². The third-order valence-corrected chi connectivity index (χ3v) is 3.41. The van der Waals surface area contributed by atoms with E-state index in [2.05, 4.69) is 0 Å². The molecule has 0 heterocycles. The Labute approximate surface area is 118 Å². The van der Waals surface area contributed by atoms with Crippen LogP contribution < -0.4 is 0 Å². The van der Waals surface area contributed by atoms with Gasteiger partial charge in [0.25, 0.3) is 0 Å². The molecule has 1 rings (SSSR count). The predicted molar refractivity (Wildman–Crippen MR) is 74.4 cm³/mol. The zero-order chi connectivity index (χ0) is 15.3. The highest BCUT2D eigenvalue weighted by molar-refractivity contribution is 5.85. The van der Waals surface area contributed by atoms with E-state index in [4.69, 9.17) is 5.11 Å². The molecular formula is C15H22O5. The van der Waals surface area contributed by atoms with Crippen molar-refractivity contribution in [2.24, 2.45) is 0 Å². The standard InChI is InChI=1S/C15H22O5/c1-3-11-6-10(5-4-9(11)2)7-12(17)14(19)15(20)13(18)8-16/h4-6,13-16,18-20H,3,7-8H2,1-2H3/t13-,14+,15+/m1/s1. The van der Waals surface area contributed by atoms with Gasteiger partial charge in [0.15, 0.2) is 5.78 Å². The Bertz CT molecular complexity index is 458. The summed E-state index contributed by atoms with van der Waals surface area (Å²) in [6, 6.07) is 5.61. The van der Waals surface area contributed by atoms with Crippen molar-refractivity contribution in [3.8, 4) is 0 Å². The van der Waals surface area contributed by atoms with Gasteiger partial charge in [0.2, 0.25) is 0 Å². The van der Waals surface area contributed by atoms with Gasteiger partial charge in [0.05, 0.1) is 6.61 Å². The van der Waals surface area contributed by atoms with Crippen molar-refractivity contribution >= 4 is 5.78 Å². The Morgan fingerprint density at radius 2 is 1.90 bits per heavy atom.